The summed E-state index contributed by atoms with van der Waals surface area (Å²) in [5.74, 6) is 0. The zero-order chi connectivity index (χ0) is 31.6. The Kier molecular flexibility index (Phi) is 5.98. The lowest BCUT2D eigenvalue weighted by atomic mass is 9.84. The second-order valence-electron chi connectivity index (χ2n) is 12.8. The van der Waals surface area contributed by atoms with Crippen LogP contribution in [-0.4, -0.2) is 0 Å². The summed E-state index contributed by atoms with van der Waals surface area (Å²) in [6.07, 6.45) is 0. The molecule has 0 N–H and O–H groups in total. The van der Waals surface area contributed by atoms with Crippen LogP contribution in [-0.2, 0) is 0 Å². The molecule has 0 nitrogen and oxygen atoms in total. The van der Waals surface area contributed by atoms with E-state index in [1.807, 2.05) is 0 Å². The average molecular weight is 607 g/mol. The first kappa shape index (κ1) is 26.9. The van der Waals surface area contributed by atoms with Crippen LogP contribution in [0, 0.1) is 0 Å². The first-order valence-electron chi connectivity index (χ1n) is 16.7. The van der Waals surface area contributed by atoms with Crippen LogP contribution in [0.2, 0.25) is 0 Å². The van der Waals surface area contributed by atoms with Crippen molar-refractivity contribution < 1.29 is 0 Å². The second-order valence-corrected chi connectivity index (χ2v) is 12.8. The fraction of sp³-hybridized carbons (Fsp3) is 0. The Morgan fingerprint density at radius 3 is 1.40 bits per heavy atom. The van der Waals surface area contributed by atoms with Gasteiger partial charge in [0.25, 0.3) is 0 Å². The fourth-order valence-corrected chi connectivity index (χ4v) is 8.04. The summed E-state index contributed by atoms with van der Waals surface area (Å²) in [6.45, 7) is 0. The number of benzene rings is 10. The molecule has 0 atom stereocenters. The van der Waals surface area contributed by atoms with Gasteiger partial charge in [-0.2, -0.15) is 0 Å². The molecule has 0 aromatic heterocycles. The van der Waals surface area contributed by atoms with E-state index in [9.17, 15) is 0 Å². The molecule has 10 rings (SSSR count). The molecule has 0 aliphatic carbocycles. The minimum Gasteiger partial charge on any atom is -0.0616 e. The Labute approximate surface area is 279 Å². The minimum atomic E-state index is 1.24. The zero-order valence-corrected chi connectivity index (χ0v) is 26.3. The Hall–Kier alpha value is -6.24. The van der Waals surface area contributed by atoms with E-state index >= 15 is 0 Å². The van der Waals surface area contributed by atoms with Crippen LogP contribution in [0.5, 0.6) is 0 Å². The van der Waals surface area contributed by atoms with Gasteiger partial charge in [0.15, 0.2) is 0 Å². The van der Waals surface area contributed by atoms with E-state index in [4.69, 9.17) is 0 Å². The molecule has 0 saturated heterocycles. The number of hydrogen-bond acceptors (Lipinski definition) is 0. The third-order valence-electron chi connectivity index (χ3n) is 10.2. The van der Waals surface area contributed by atoms with Gasteiger partial charge in [0.1, 0.15) is 0 Å². The van der Waals surface area contributed by atoms with Gasteiger partial charge in [0.05, 0.1) is 0 Å². The van der Waals surface area contributed by atoms with Gasteiger partial charge in [-0.25, -0.2) is 0 Å². The van der Waals surface area contributed by atoms with Gasteiger partial charge in [-0.05, 0) is 116 Å². The molecule has 0 fully saturated rings. The van der Waals surface area contributed by atoms with E-state index in [1.165, 1.54) is 98.0 Å². The van der Waals surface area contributed by atoms with E-state index in [2.05, 4.69) is 182 Å². The summed E-state index contributed by atoms with van der Waals surface area (Å²) >= 11 is 0. The van der Waals surface area contributed by atoms with Crippen molar-refractivity contribution in [3.05, 3.63) is 182 Å². The lowest BCUT2D eigenvalue weighted by Crippen LogP contribution is -1.92. The SMILES string of the molecule is c1ccc2cc(-c3c4ccccc4c(-c4ccc5c(-c6cccc7ccccc67)cc6ccccc6c5c4)c4ccccc34)ccc2c1. The molecule has 10 aromatic carbocycles. The Morgan fingerprint density at radius 1 is 0.208 bits per heavy atom. The zero-order valence-electron chi connectivity index (χ0n) is 26.3. The lowest BCUT2D eigenvalue weighted by Gasteiger charge is -2.19. The molecular weight excluding hydrogens is 577 g/mol. The van der Waals surface area contributed by atoms with E-state index in [0.717, 1.165) is 0 Å². The van der Waals surface area contributed by atoms with Crippen molar-refractivity contribution in [2.45, 2.75) is 0 Å². The Balaban J connectivity index is 1.28. The smallest absolute Gasteiger partial charge is 0.00261 e. The van der Waals surface area contributed by atoms with Crippen molar-refractivity contribution in [1.82, 2.24) is 0 Å². The molecule has 0 aliphatic rings. The highest BCUT2D eigenvalue weighted by molar-refractivity contribution is 6.23. The predicted octanol–water partition coefficient (Wildman–Crippen LogP) is 13.6. The third kappa shape index (κ3) is 4.10. The van der Waals surface area contributed by atoms with Crippen molar-refractivity contribution in [2.75, 3.05) is 0 Å². The second kappa shape index (κ2) is 10.7. The summed E-state index contributed by atoms with van der Waals surface area (Å²) in [5, 5.41) is 15.2. The van der Waals surface area contributed by atoms with Gasteiger partial charge < -0.3 is 0 Å². The molecule has 0 bridgehead atoms. The van der Waals surface area contributed by atoms with Crippen molar-refractivity contribution in [1.29, 1.82) is 0 Å². The molecule has 222 valence electrons. The lowest BCUT2D eigenvalue weighted by molar-refractivity contribution is 1.67. The molecule has 0 saturated carbocycles. The first-order chi connectivity index (χ1) is 23.8. The number of hydrogen-bond donors (Lipinski definition) is 0. The molecule has 0 unspecified atom stereocenters. The highest BCUT2D eigenvalue weighted by Gasteiger charge is 2.18. The quantitative estimate of drug-likeness (QED) is 0.139. The molecule has 0 spiro atoms. The van der Waals surface area contributed by atoms with Crippen molar-refractivity contribution in [3.8, 4) is 33.4 Å². The van der Waals surface area contributed by atoms with Crippen LogP contribution in [0.1, 0.15) is 0 Å². The Morgan fingerprint density at radius 2 is 0.708 bits per heavy atom. The van der Waals surface area contributed by atoms with E-state index in [-0.39, 0.29) is 0 Å². The summed E-state index contributed by atoms with van der Waals surface area (Å²) in [5.41, 5.74) is 7.60. The molecule has 0 radical (unpaired) electrons. The van der Waals surface area contributed by atoms with Crippen LogP contribution < -0.4 is 0 Å². The van der Waals surface area contributed by atoms with Crippen LogP contribution in [0.25, 0.3) is 98.0 Å². The van der Waals surface area contributed by atoms with Gasteiger partial charge in [-0.1, -0.05) is 164 Å². The van der Waals surface area contributed by atoms with Crippen molar-refractivity contribution in [2.24, 2.45) is 0 Å². The van der Waals surface area contributed by atoms with Crippen molar-refractivity contribution >= 4 is 64.6 Å². The van der Waals surface area contributed by atoms with Crippen molar-refractivity contribution in [3.63, 3.8) is 0 Å². The van der Waals surface area contributed by atoms with Gasteiger partial charge in [0, 0.05) is 0 Å². The highest BCUT2D eigenvalue weighted by atomic mass is 14.2. The van der Waals surface area contributed by atoms with Crippen LogP contribution in [0.4, 0.5) is 0 Å². The standard InChI is InChI=1S/C48H30/c1-2-14-33-28-35(25-24-31(33)12-1)47-41-19-7-9-21-43(41)48(44-22-10-8-20-42(44)47)36-26-27-40-45(30-36)38-18-6-4-15-34(38)29-46(40)39-23-11-16-32-13-3-5-17-37(32)39/h1-30H. The van der Waals surface area contributed by atoms with E-state index < -0.39 is 0 Å². The summed E-state index contributed by atoms with van der Waals surface area (Å²) in [4.78, 5) is 0. The number of rotatable bonds is 3. The maximum atomic E-state index is 2.44. The molecule has 0 heteroatoms. The predicted molar refractivity (Wildman–Crippen MR) is 208 cm³/mol. The molecular formula is C48H30. The van der Waals surface area contributed by atoms with E-state index in [0.29, 0.717) is 0 Å². The molecule has 10 aromatic rings. The topological polar surface area (TPSA) is 0 Å². The monoisotopic (exact) mass is 606 g/mol. The minimum absolute atomic E-state index is 1.24. The number of fused-ring (bicyclic) bond motifs is 7. The molecule has 0 aliphatic heterocycles. The fourth-order valence-electron chi connectivity index (χ4n) is 8.04. The van der Waals surface area contributed by atoms with Crippen LogP contribution in [0.15, 0.2) is 182 Å². The van der Waals surface area contributed by atoms with Gasteiger partial charge in [0.2, 0.25) is 0 Å². The molecule has 0 heterocycles. The van der Waals surface area contributed by atoms with Crippen LogP contribution in [0.3, 0.4) is 0 Å². The third-order valence-corrected chi connectivity index (χ3v) is 10.2. The van der Waals surface area contributed by atoms with Crippen LogP contribution >= 0.6 is 0 Å². The Bertz CT molecular complexity index is 2830. The molecule has 48 heavy (non-hydrogen) atoms. The molecule has 0 amide bonds. The summed E-state index contributed by atoms with van der Waals surface area (Å²) in [7, 11) is 0. The maximum Gasteiger partial charge on any atom is -0.00261 e. The average Bonchev–Trinajstić information content (AvgIpc) is 3.16. The van der Waals surface area contributed by atoms with Gasteiger partial charge >= 0.3 is 0 Å². The first-order valence-corrected chi connectivity index (χ1v) is 16.7. The van der Waals surface area contributed by atoms with Gasteiger partial charge in [-0.3, -0.25) is 0 Å². The van der Waals surface area contributed by atoms with Gasteiger partial charge in [-0.15, -0.1) is 0 Å². The maximum absolute atomic E-state index is 2.44. The highest BCUT2D eigenvalue weighted by Crippen LogP contribution is 2.46. The normalized spacial score (nSPS) is 11.8. The largest absolute Gasteiger partial charge is 0.0616 e. The summed E-state index contributed by atoms with van der Waals surface area (Å²) in [6, 6.07) is 67.2. The summed E-state index contributed by atoms with van der Waals surface area (Å²) < 4.78 is 0. The van der Waals surface area contributed by atoms with E-state index in [1.54, 1.807) is 0 Å².